The molecular weight excluding hydrogens is 323 g/mol. The van der Waals surface area contributed by atoms with Crippen molar-refractivity contribution in [3.05, 3.63) is 53.7 Å². The van der Waals surface area contributed by atoms with Gasteiger partial charge in [-0.15, -0.1) is 0 Å². The molecule has 0 N–H and O–H groups in total. The predicted octanol–water partition coefficient (Wildman–Crippen LogP) is 4.79. The minimum atomic E-state index is -4.39. The summed E-state index contributed by atoms with van der Waals surface area (Å²) in [6.45, 7) is 0. The molecule has 0 saturated heterocycles. The molecule has 0 aliphatic heterocycles. The molecule has 1 aromatic carbocycles. The van der Waals surface area contributed by atoms with Crippen molar-refractivity contribution >= 4 is 15.9 Å². The van der Waals surface area contributed by atoms with Crippen molar-refractivity contribution < 1.29 is 17.9 Å². The Balaban J connectivity index is 2.15. The van der Waals surface area contributed by atoms with Crippen molar-refractivity contribution in [3.8, 4) is 11.6 Å². The van der Waals surface area contributed by atoms with Crippen LogP contribution in [0.4, 0.5) is 13.2 Å². The van der Waals surface area contributed by atoms with Gasteiger partial charge in [-0.2, -0.15) is 13.2 Å². The van der Waals surface area contributed by atoms with Crippen molar-refractivity contribution in [2.75, 3.05) is 0 Å². The van der Waals surface area contributed by atoms with E-state index in [-0.39, 0.29) is 5.88 Å². The molecule has 0 fully saturated rings. The Bertz CT molecular complexity index is 555. The van der Waals surface area contributed by atoms with Crippen molar-refractivity contribution in [2.45, 2.75) is 11.5 Å². The largest absolute Gasteiger partial charge is 0.439 e. The minimum absolute atomic E-state index is 0.125. The fourth-order valence-electron chi connectivity index (χ4n) is 1.42. The van der Waals surface area contributed by atoms with Gasteiger partial charge in [-0.05, 0) is 23.8 Å². The lowest BCUT2D eigenvalue weighted by atomic mass is 10.2. The molecule has 2 nitrogen and oxygen atoms in total. The highest BCUT2D eigenvalue weighted by Gasteiger charge is 2.30. The highest BCUT2D eigenvalue weighted by atomic mass is 79.9. The van der Waals surface area contributed by atoms with E-state index in [0.29, 0.717) is 11.1 Å². The summed E-state index contributed by atoms with van der Waals surface area (Å²) in [6, 6.07) is 9.34. The lowest BCUT2D eigenvalue weighted by molar-refractivity contribution is -0.137. The van der Waals surface area contributed by atoms with Gasteiger partial charge in [0.25, 0.3) is 0 Å². The number of nitrogens with zero attached hydrogens (tertiary/aromatic N) is 1. The Hall–Kier alpha value is -1.56. The number of hydrogen-bond acceptors (Lipinski definition) is 2. The van der Waals surface area contributed by atoms with E-state index in [0.717, 1.165) is 17.8 Å². The molecule has 2 aromatic rings. The van der Waals surface area contributed by atoms with Crippen LogP contribution in [0.15, 0.2) is 42.6 Å². The van der Waals surface area contributed by atoms with Gasteiger partial charge in [-0.1, -0.05) is 28.1 Å². The number of hydrogen-bond donors (Lipinski definition) is 0. The maximum Gasteiger partial charge on any atom is 0.417 e. The van der Waals surface area contributed by atoms with Crippen molar-refractivity contribution in [1.29, 1.82) is 0 Å². The highest BCUT2D eigenvalue weighted by Crippen LogP contribution is 2.30. The number of benzene rings is 1. The van der Waals surface area contributed by atoms with Crippen LogP contribution in [0.5, 0.6) is 11.6 Å². The van der Waals surface area contributed by atoms with Gasteiger partial charge in [0.05, 0.1) is 5.56 Å². The first kappa shape index (κ1) is 13.9. The maximum atomic E-state index is 12.4. The SMILES string of the molecule is FC(F)(F)c1ccc(Oc2cccc(CBr)c2)nc1. The van der Waals surface area contributed by atoms with Crippen LogP contribution in [0.25, 0.3) is 0 Å². The Kier molecular flexibility index (Phi) is 4.09. The topological polar surface area (TPSA) is 22.1 Å². The van der Waals surface area contributed by atoms with Gasteiger partial charge in [0.15, 0.2) is 0 Å². The zero-order chi connectivity index (χ0) is 13.9. The first-order valence-electron chi connectivity index (χ1n) is 5.35. The fourth-order valence-corrected chi connectivity index (χ4v) is 1.77. The third-order valence-corrected chi connectivity index (χ3v) is 2.99. The molecule has 2 rings (SSSR count). The third kappa shape index (κ3) is 3.70. The van der Waals surface area contributed by atoms with Crippen LogP contribution in [0.1, 0.15) is 11.1 Å². The van der Waals surface area contributed by atoms with E-state index in [1.165, 1.54) is 6.07 Å². The highest BCUT2D eigenvalue weighted by molar-refractivity contribution is 9.08. The van der Waals surface area contributed by atoms with Gasteiger partial charge in [0, 0.05) is 17.6 Å². The smallest absolute Gasteiger partial charge is 0.417 e. The molecule has 19 heavy (non-hydrogen) atoms. The summed E-state index contributed by atoms with van der Waals surface area (Å²) in [6.07, 6.45) is -3.63. The van der Waals surface area contributed by atoms with Gasteiger partial charge in [-0.25, -0.2) is 4.98 Å². The summed E-state index contributed by atoms with van der Waals surface area (Å²) in [5, 5.41) is 0.671. The number of halogens is 4. The molecule has 0 aliphatic carbocycles. The zero-order valence-electron chi connectivity index (χ0n) is 9.62. The monoisotopic (exact) mass is 331 g/mol. The van der Waals surface area contributed by atoms with Crippen LogP contribution in [-0.4, -0.2) is 4.98 Å². The van der Waals surface area contributed by atoms with Gasteiger partial charge in [0.2, 0.25) is 5.88 Å². The summed E-state index contributed by atoms with van der Waals surface area (Å²) in [5.41, 5.74) is 0.207. The van der Waals surface area contributed by atoms with Gasteiger partial charge < -0.3 is 4.74 Å². The van der Waals surface area contributed by atoms with Crippen LogP contribution in [0.3, 0.4) is 0 Å². The lowest BCUT2D eigenvalue weighted by Gasteiger charge is -2.08. The first-order valence-corrected chi connectivity index (χ1v) is 6.47. The van der Waals surface area contributed by atoms with Crippen LogP contribution in [0, 0.1) is 0 Å². The van der Waals surface area contributed by atoms with E-state index in [4.69, 9.17) is 4.74 Å². The van der Waals surface area contributed by atoms with Gasteiger partial charge >= 0.3 is 6.18 Å². The number of pyridine rings is 1. The first-order chi connectivity index (χ1) is 8.99. The van der Waals surface area contributed by atoms with E-state index in [9.17, 15) is 13.2 Å². The van der Waals surface area contributed by atoms with Crippen molar-refractivity contribution in [3.63, 3.8) is 0 Å². The summed E-state index contributed by atoms with van der Waals surface area (Å²) in [5.74, 6) is 0.656. The van der Waals surface area contributed by atoms with Gasteiger partial charge in [0.1, 0.15) is 5.75 Å². The van der Waals surface area contributed by atoms with Crippen molar-refractivity contribution in [2.24, 2.45) is 0 Å². The number of ether oxygens (including phenoxy) is 1. The molecule has 0 amide bonds. The maximum absolute atomic E-state index is 12.4. The Labute approximate surface area is 116 Å². The molecule has 0 spiro atoms. The molecule has 0 atom stereocenters. The standard InChI is InChI=1S/C13H9BrF3NO/c14-7-9-2-1-3-11(6-9)19-12-5-4-10(8-18-12)13(15,16)17/h1-6,8H,7H2. The van der Waals surface area contributed by atoms with Gasteiger partial charge in [-0.3, -0.25) is 0 Å². The average molecular weight is 332 g/mol. The van der Waals surface area contributed by atoms with E-state index in [1.54, 1.807) is 18.2 Å². The number of aromatic nitrogens is 1. The van der Waals surface area contributed by atoms with E-state index in [2.05, 4.69) is 20.9 Å². The normalized spacial score (nSPS) is 11.4. The molecule has 100 valence electrons. The molecule has 0 saturated carbocycles. The second kappa shape index (κ2) is 5.61. The van der Waals surface area contributed by atoms with E-state index in [1.807, 2.05) is 6.07 Å². The second-order valence-corrected chi connectivity index (χ2v) is 4.33. The quantitative estimate of drug-likeness (QED) is 0.754. The molecule has 1 aromatic heterocycles. The minimum Gasteiger partial charge on any atom is -0.439 e. The van der Waals surface area contributed by atoms with Crippen molar-refractivity contribution in [1.82, 2.24) is 4.98 Å². The Morgan fingerprint density at radius 2 is 1.95 bits per heavy atom. The van der Waals surface area contributed by atoms with Crippen LogP contribution >= 0.6 is 15.9 Å². The lowest BCUT2D eigenvalue weighted by Crippen LogP contribution is -2.05. The average Bonchev–Trinajstić information content (AvgIpc) is 2.38. The molecule has 6 heteroatoms. The summed E-state index contributed by atoms with van der Waals surface area (Å²) >= 11 is 3.31. The predicted molar refractivity (Wildman–Crippen MR) is 68.4 cm³/mol. The third-order valence-electron chi connectivity index (χ3n) is 2.34. The van der Waals surface area contributed by atoms with Crippen LogP contribution in [0.2, 0.25) is 0 Å². The summed E-state index contributed by atoms with van der Waals surface area (Å²) in [4.78, 5) is 3.64. The molecule has 0 unspecified atom stereocenters. The summed E-state index contributed by atoms with van der Waals surface area (Å²) < 4.78 is 42.5. The molecule has 1 heterocycles. The van der Waals surface area contributed by atoms with E-state index >= 15 is 0 Å². The second-order valence-electron chi connectivity index (χ2n) is 3.77. The number of alkyl halides is 4. The fraction of sp³-hybridized carbons (Fsp3) is 0.154. The molecule has 0 bridgehead atoms. The molecule has 0 aliphatic rings. The zero-order valence-corrected chi connectivity index (χ0v) is 11.2. The molecular formula is C13H9BrF3NO. The molecule has 0 radical (unpaired) electrons. The van der Waals surface area contributed by atoms with E-state index < -0.39 is 11.7 Å². The Morgan fingerprint density at radius 1 is 1.16 bits per heavy atom. The summed E-state index contributed by atoms with van der Waals surface area (Å²) in [7, 11) is 0. The van der Waals surface area contributed by atoms with Crippen LogP contribution in [-0.2, 0) is 11.5 Å². The Morgan fingerprint density at radius 3 is 2.53 bits per heavy atom. The number of rotatable bonds is 3. The van der Waals surface area contributed by atoms with Crippen LogP contribution < -0.4 is 4.74 Å².